The molecule has 0 saturated heterocycles. The Morgan fingerprint density at radius 3 is 2.19 bits per heavy atom. The fourth-order valence-corrected chi connectivity index (χ4v) is 5.85. The van der Waals surface area contributed by atoms with Crippen molar-refractivity contribution >= 4 is 39.9 Å². The number of amides is 1. The number of carbonyl (C=O) groups excluding carboxylic acids is 5. The SMILES string of the molecule is Cc1cc(C(=O)C[C@@H](C)C(=O)N[C@@H](Cc2c[nH]c3ccccc23)C(=O)C[C@@H](Cc2ccccc2)C(=O)C(=O)CCc2ccccc2)no1. The molecular formula is C39H39N3O6. The second-order valence-corrected chi connectivity index (χ2v) is 12.3. The molecule has 2 N–H and O–H groups in total. The van der Waals surface area contributed by atoms with Gasteiger partial charge in [-0.15, -0.1) is 0 Å². The van der Waals surface area contributed by atoms with Crippen molar-refractivity contribution in [2.45, 2.75) is 58.4 Å². The van der Waals surface area contributed by atoms with E-state index in [1.165, 1.54) is 6.07 Å². The molecule has 5 rings (SSSR count). The molecule has 0 saturated carbocycles. The van der Waals surface area contributed by atoms with Crippen molar-refractivity contribution in [3.8, 4) is 0 Å². The fourth-order valence-electron chi connectivity index (χ4n) is 5.85. The van der Waals surface area contributed by atoms with Crippen molar-refractivity contribution in [1.82, 2.24) is 15.5 Å². The van der Waals surface area contributed by atoms with Gasteiger partial charge >= 0.3 is 0 Å². The van der Waals surface area contributed by atoms with E-state index in [9.17, 15) is 24.0 Å². The molecule has 9 nitrogen and oxygen atoms in total. The third-order valence-electron chi connectivity index (χ3n) is 8.56. The van der Waals surface area contributed by atoms with Crippen LogP contribution in [0.1, 0.15) is 59.1 Å². The molecule has 2 aromatic heterocycles. The molecule has 0 aliphatic carbocycles. The van der Waals surface area contributed by atoms with Crippen LogP contribution in [0.5, 0.6) is 0 Å². The number of hydrogen-bond donors (Lipinski definition) is 2. The van der Waals surface area contributed by atoms with E-state index in [-0.39, 0.29) is 49.4 Å². The molecule has 48 heavy (non-hydrogen) atoms. The maximum Gasteiger partial charge on any atom is 0.223 e. The summed E-state index contributed by atoms with van der Waals surface area (Å²) >= 11 is 0. The number of fused-ring (bicyclic) bond motifs is 1. The highest BCUT2D eigenvalue weighted by Gasteiger charge is 2.32. The Morgan fingerprint density at radius 2 is 1.50 bits per heavy atom. The Hall–Kier alpha value is -5.44. The van der Waals surface area contributed by atoms with E-state index in [1.807, 2.05) is 84.9 Å². The zero-order valence-corrected chi connectivity index (χ0v) is 27.1. The Morgan fingerprint density at radius 1 is 0.833 bits per heavy atom. The zero-order chi connectivity index (χ0) is 34.0. The Kier molecular flexibility index (Phi) is 11.2. The Bertz CT molecular complexity index is 1890. The van der Waals surface area contributed by atoms with E-state index in [4.69, 9.17) is 4.52 Å². The van der Waals surface area contributed by atoms with Gasteiger partial charge in [0.05, 0.1) is 6.04 Å². The molecule has 0 aliphatic heterocycles. The maximum atomic E-state index is 14.1. The third kappa shape index (κ3) is 8.88. The van der Waals surface area contributed by atoms with Crippen LogP contribution < -0.4 is 5.32 Å². The van der Waals surface area contributed by atoms with Crippen LogP contribution in [0, 0.1) is 18.8 Å². The number of aromatic nitrogens is 2. The summed E-state index contributed by atoms with van der Waals surface area (Å²) < 4.78 is 5.00. The molecule has 0 fully saturated rings. The minimum absolute atomic E-state index is 0.0361. The average Bonchev–Trinajstić information content (AvgIpc) is 3.73. The number of hydrogen-bond acceptors (Lipinski definition) is 7. The summed E-state index contributed by atoms with van der Waals surface area (Å²) in [5.41, 5.74) is 3.61. The highest BCUT2D eigenvalue weighted by molar-refractivity contribution is 6.38. The van der Waals surface area contributed by atoms with Gasteiger partial charge in [-0.05, 0) is 42.5 Å². The van der Waals surface area contributed by atoms with Crippen molar-refractivity contribution in [3.63, 3.8) is 0 Å². The van der Waals surface area contributed by atoms with Gasteiger partial charge in [-0.3, -0.25) is 24.0 Å². The molecule has 246 valence electrons. The summed E-state index contributed by atoms with van der Waals surface area (Å²) in [5, 5.41) is 7.53. The molecular weight excluding hydrogens is 606 g/mol. The smallest absolute Gasteiger partial charge is 0.223 e. The van der Waals surface area contributed by atoms with E-state index in [1.54, 1.807) is 20.0 Å². The topological polar surface area (TPSA) is 139 Å². The fraction of sp³-hybridized carbons (Fsp3) is 0.282. The van der Waals surface area contributed by atoms with Crippen LogP contribution in [-0.4, -0.2) is 45.2 Å². The lowest BCUT2D eigenvalue weighted by Gasteiger charge is -2.22. The number of nitrogens with zero attached hydrogens (tertiary/aromatic N) is 1. The number of para-hydroxylation sites is 1. The normalized spacial score (nSPS) is 13.0. The quantitative estimate of drug-likeness (QED) is 0.0936. The summed E-state index contributed by atoms with van der Waals surface area (Å²) in [6.45, 7) is 3.29. The van der Waals surface area contributed by atoms with Gasteiger partial charge in [0.1, 0.15) is 11.5 Å². The Balaban J connectivity index is 1.36. The summed E-state index contributed by atoms with van der Waals surface area (Å²) in [4.78, 5) is 70.4. The van der Waals surface area contributed by atoms with Gasteiger partial charge in [-0.1, -0.05) is 90.9 Å². The van der Waals surface area contributed by atoms with Crippen LogP contribution in [0.15, 0.2) is 102 Å². The van der Waals surface area contributed by atoms with Gasteiger partial charge in [0, 0.05) is 60.7 Å². The number of nitrogens with one attached hydrogen (secondary N) is 2. The first-order chi connectivity index (χ1) is 23.2. The van der Waals surface area contributed by atoms with Crippen LogP contribution in [-0.2, 0) is 38.4 Å². The molecule has 0 radical (unpaired) electrons. The molecule has 5 aromatic rings. The lowest BCUT2D eigenvalue weighted by Crippen LogP contribution is -2.46. The molecule has 3 aromatic carbocycles. The van der Waals surface area contributed by atoms with E-state index in [0.29, 0.717) is 12.2 Å². The summed E-state index contributed by atoms with van der Waals surface area (Å²) in [5.74, 6) is -3.51. The molecule has 3 atom stereocenters. The van der Waals surface area contributed by atoms with Crippen molar-refractivity contribution in [2.75, 3.05) is 0 Å². The molecule has 0 aliphatic rings. The highest BCUT2D eigenvalue weighted by Crippen LogP contribution is 2.23. The van der Waals surface area contributed by atoms with Crippen molar-refractivity contribution in [3.05, 3.63) is 125 Å². The predicted molar refractivity (Wildman–Crippen MR) is 181 cm³/mol. The highest BCUT2D eigenvalue weighted by atomic mass is 16.5. The second kappa shape index (κ2) is 15.9. The minimum atomic E-state index is -1.01. The number of benzene rings is 3. The minimum Gasteiger partial charge on any atom is -0.361 e. The van der Waals surface area contributed by atoms with Crippen LogP contribution in [0.4, 0.5) is 0 Å². The first-order valence-corrected chi connectivity index (χ1v) is 16.2. The number of ketones is 4. The largest absolute Gasteiger partial charge is 0.361 e. The van der Waals surface area contributed by atoms with Gasteiger partial charge in [-0.2, -0.15) is 0 Å². The number of rotatable bonds is 17. The summed E-state index contributed by atoms with van der Waals surface area (Å²) in [6, 6.07) is 26.9. The second-order valence-electron chi connectivity index (χ2n) is 12.3. The van der Waals surface area contributed by atoms with Crippen LogP contribution in [0.25, 0.3) is 10.9 Å². The number of H-pyrrole nitrogens is 1. The van der Waals surface area contributed by atoms with E-state index in [2.05, 4.69) is 15.5 Å². The van der Waals surface area contributed by atoms with E-state index in [0.717, 1.165) is 27.6 Å². The van der Waals surface area contributed by atoms with Crippen LogP contribution >= 0.6 is 0 Å². The van der Waals surface area contributed by atoms with Gasteiger partial charge in [0.2, 0.25) is 11.7 Å². The predicted octanol–water partition coefficient (Wildman–Crippen LogP) is 5.99. The lowest BCUT2D eigenvalue weighted by molar-refractivity contribution is -0.140. The van der Waals surface area contributed by atoms with Gasteiger partial charge in [-0.25, -0.2) is 0 Å². The Labute approximate surface area is 279 Å². The molecule has 2 heterocycles. The van der Waals surface area contributed by atoms with Crippen molar-refractivity contribution in [1.29, 1.82) is 0 Å². The van der Waals surface area contributed by atoms with Crippen molar-refractivity contribution in [2.24, 2.45) is 11.8 Å². The van der Waals surface area contributed by atoms with Crippen LogP contribution in [0.3, 0.4) is 0 Å². The van der Waals surface area contributed by atoms with E-state index < -0.39 is 35.4 Å². The molecule has 0 unspecified atom stereocenters. The first kappa shape index (κ1) is 33.9. The van der Waals surface area contributed by atoms with Crippen molar-refractivity contribution < 1.29 is 28.5 Å². The maximum absolute atomic E-state index is 14.1. The first-order valence-electron chi connectivity index (χ1n) is 16.2. The van der Waals surface area contributed by atoms with Gasteiger partial charge in [0.15, 0.2) is 17.3 Å². The molecule has 0 bridgehead atoms. The van der Waals surface area contributed by atoms with Gasteiger partial charge in [0.25, 0.3) is 0 Å². The average molecular weight is 646 g/mol. The monoisotopic (exact) mass is 645 g/mol. The van der Waals surface area contributed by atoms with Gasteiger partial charge < -0.3 is 14.8 Å². The summed E-state index contributed by atoms with van der Waals surface area (Å²) in [7, 11) is 0. The number of aryl methyl sites for hydroxylation is 2. The third-order valence-corrected chi connectivity index (χ3v) is 8.56. The number of carbonyl (C=O) groups is 5. The van der Waals surface area contributed by atoms with Crippen LogP contribution in [0.2, 0.25) is 0 Å². The number of Topliss-reactive ketones (excluding diaryl/α,β-unsaturated/α-hetero) is 4. The zero-order valence-electron chi connectivity index (χ0n) is 27.1. The molecule has 9 heteroatoms. The number of aromatic amines is 1. The lowest BCUT2D eigenvalue weighted by atomic mass is 9.85. The molecule has 0 spiro atoms. The van der Waals surface area contributed by atoms with E-state index >= 15 is 0 Å². The standard InChI is InChI=1S/C39H39N3O6/c1-25(19-36(44)34-20-26(2)48-42-34)39(47)41-33(22-30-24-40-32-16-10-9-15-31(30)32)37(45)23-29(21-28-13-7-4-8-14-28)38(46)35(43)18-17-27-11-5-3-6-12-27/h3-16,20,24-25,29,33,40H,17-19,21-23H2,1-2H3,(H,41,47)/t25-,29-,33+/m1/s1. The summed E-state index contributed by atoms with van der Waals surface area (Å²) in [6.07, 6.45) is 2.26. The molecule has 1 amide bonds.